The lowest BCUT2D eigenvalue weighted by molar-refractivity contribution is -0.384. The van der Waals surface area contributed by atoms with Gasteiger partial charge in [-0.1, -0.05) is 34.8 Å². The molecule has 1 amide bonds. The van der Waals surface area contributed by atoms with Gasteiger partial charge in [0.2, 0.25) is 0 Å². The molecule has 0 saturated heterocycles. The van der Waals surface area contributed by atoms with Crippen molar-refractivity contribution in [1.82, 2.24) is 4.98 Å². The number of nitro benzene ring substituents is 1. The van der Waals surface area contributed by atoms with Gasteiger partial charge in [0, 0.05) is 12.3 Å². The van der Waals surface area contributed by atoms with Crippen LogP contribution in [0, 0.1) is 10.1 Å². The van der Waals surface area contributed by atoms with E-state index in [9.17, 15) is 32.9 Å². The van der Waals surface area contributed by atoms with Crippen molar-refractivity contribution in [2.24, 2.45) is 0 Å². The van der Waals surface area contributed by atoms with Crippen LogP contribution in [-0.4, -0.2) is 28.4 Å². The topological polar surface area (TPSA) is 111 Å². The first-order valence-electron chi connectivity index (χ1n) is 7.24. The minimum atomic E-state index is -4.81. The number of hydrogen-bond donors (Lipinski definition) is 1. The Kier molecular flexibility index (Phi) is 6.88. The molecule has 0 aliphatic rings. The van der Waals surface area contributed by atoms with Gasteiger partial charge in [-0.3, -0.25) is 14.9 Å². The summed E-state index contributed by atoms with van der Waals surface area (Å²) in [6.07, 6.45) is -3.78. The number of amides is 1. The molecule has 1 aromatic heterocycles. The number of anilines is 1. The number of esters is 1. The quantitative estimate of drug-likeness (QED) is 0.381. The van der Waals surface area contributed by atoms with Crippen LogP contribution < -0.4 is 5.32 Å². The van der Waals surface area contributed by atoms with Crippen LogP contribution >= 0.6 is 34.8 Å². The highest BCUT2D eigenvalue weighted by molar-refractivity contribution is 6.48. The molecule has 0 saturated carbocycles. The van der Waals surface area contributed by atoms with E-state index in [1.807, 2.05) is 5.32 Å². The normalized spacial score (nSPS) is 11.1. The Bertz CT molecular complexity index is 1000. The standard InChI is InChI=1S/C15H7Cl3F3N3O5/c16-7-4-22-13(12(18)11(7)17)14(26)29-5-10(25)23-8-2-1-6(15(19,20)21)3-9(8)24(27)28/h1-4H,5H2,(H,23,25). The second-order valence-corrected chi connectivity index (χ2v) is 6.36. The molecule has 0 atom stereocenters. The second kappa shape index (κ2) is 8.80. The number of hydrogen-bond acceptors (Lipinski definition) is 6. The number of ether oxygens (including phenoxy) is 1. The number of rotatable bonds is 5. The van der Waals surface area contributed by atoms with Crippen LogP contribution in [0.2, 0.25) is 15.1 Å². The van der Waals surface area contributed by atoms with Crippen molar-refractivity contribution in [1.29, 1.82) is 0 Å². The molecule has 0 aliphatic heterocycles. The summed E-state index contributed by atoms with van der Waals surface area (Å²) >= 11 is 17.2. The Labute approximate surface area is 174 Å². The lowest BCUT2D eigenvalue weighted by Crippen LogP contribution is -2.22. The maximum absolute atomic E-state index is 12.7. The van der Waals surface area contributed by atoms with Crippen molar-refractivity contribution >= 4 is 58.1 Å². The first-order valence-corrected chi connectivity index (χ1v) is 8.37. The predicted molar refractivity (Wildman–Crippen MR) is 96.3 cm³/mol. The predicted octanol–water partition coefficient (Wildman–Crippen LogP) is 4.76. The average molecular weight is 473 g/mol. The molecule has 1 aromatic carbocycles. The molecule has 14 heteroatoms. The fraction of sp³-hybridized carbons (Fsp3) is 0.133. The zero-order valence-electron chi connectivity index (χ0n) is 13.7. The van der Waals surface area contributed by atoms with Crippen LogP contribution in [-0.2, 0) is 15.7 Å². The summed E-state index contributed by atoms with van der Waals surface area (Å²) < 4.78 is 42.7. The van der Waals surface area contributed by atoms with Gasteiger partial charge in [0.1, 0.15) is 5.69 Å². The van der Waals surface area contributed by atoms with Crippen LogP contribution in [0.1, 0.15) is 16.1 Å². The van der Waals surface area contributed by atoms with Gasteiger partial charge in [-0.2, -0.15) is 13.2 Å². The molecular formula is C15H7Cl3F3N3O5. The Morgan fingerprint density at radius 3 is 2.45 bits per heavy atom. The molecule has 2 aromatic rings. The van der Waals surface area contributed by atoms with Crippen molar-refractivity contribution in [2.45, 2.75) is 6.18 Å². The minimum absolute atomic E-state index is 0.0272. The average Bonchev–Trinajstić information content (AvgIpc) is 2.63. The van der Waals surface area contributed by atoms with E-state index in [-0.39, 0.29) is 21.1 Å². The number of nitro groups is 1. The lowest BCUT2D eigenvalue weighted by Gasteiger charge is -2.10. The Morgan fingerprint density at radius 2 is 1.86 bits per heavy atom. The van der Waals surface area contributed by atoms with E-state index in [1.165, 1.54) is 0 Å². The Balaban J connectivity index is 2.11. The minimum Gasteiger partial charge on any atom is -0.451 e. The van der Waals surface area contributed by atoms with Gasteiger partial charge in [0.05, 0.1) is 25.6 Å². The molecule has 0 aliphatic carbocycles. The van der Waals surface area contributed by atoms with Crippen LogP contribution in [0.4, 0.5) is 24.5 Å². The zero-order chi connectivity index (χ0) is 21.9. The molecule has 8 nitrogen and oxygen atoms in total. The van der Waals surface area contributed by atoms with E-state index in [1.54, 1.807) is 0 Å². The SMILES string of the molecule is O=C(COC(=O)c1ncc(Cl)c(Cl)c1Cl)Nc1ccc(C(F)(F)F)cc1[N+](=O)[O-]. The molecule has 0 unspecified atom stereocenters. The molecule has 1 heterocycles. The summed E-state index contributed by atoms with van der Waals surface area (Å²) in [5, 5.41) is 12.5. The van der Waals surface area contributed by atoms with Gasteiger partial charge < -0.3 is 10.1 Å². The summed E-state index contributed by atoms with van der Waals surface area (Å²) in [6.45, 7) is -0.935. The highest BCUT2D eigenvalue weighted by Gasteiger charge is 2.33. The molecule has 1 N–H and O–H groups in total. The maximum Gasteiger partial charge on any atom is 0.416 e. The molecule has 29 heavy (non-hydrogen) atoms. The van der Waals surface area contributed by atoms with E-state index in [4.69, 9.17) is 34.8 Å². The highest BCUT2D eigenvalue weighted by Crippen LogP contribution is 2.35. The molecule has 0 spiro atoms. The van der Waals surface area contributed by atoms with E-state index in [0.29, 0.717) is 12.1 Å². The number of nitrogens with one attached hydrogen (secondary N) is 1. The van der Waals surface area contributed by atoms with Crippen molar-refractivity contribution in [3.05, 3.63) is 60.8 Å². The van der Waals surface area contributed by atoms with Crippen molar-refractivity contribution in [3.8, 4) is 0 Å². The number of nitrogens with zero attached hydrogens (tertiary/aromatic N) is 2. The van der Waals surface area contributed by atoms with Gasteiger partial charge in [0.25, 0.3) is 11.6 Å². The van der Waals surface area contributed by atoms with Crippen molar-refractivity contribution < 1.29 is 32.4 Å². The summed E-state index contributed by atoms with van der Waals surface area (Å²) in [5.41, 5.74) is -3.22. The number of carbonyl (C=O) groups excluding carboxylic acids is 2. The van der Waals surface area contributed by atoms with Gasteiger partial charge >= 0.3 is 12.1 Å². The molecule has 0 bridgehead atoms. The van der Waals surface area contributed by atoms with Gasteiger partial charge in [-0.15, -0.1) is 0 Å². The third-order valence-electron chi connectivity index (χ3n) is 3.24. The number of pyridine rings is 1. The van der Waals surface area contributed by atoms with E-state index < -0.39 is 52.2 Å². The number of aromatic nitrogens is 1. The fourth-order valence-corrected chi connectivity index (χ4v) is 2.49. The number of benzene rings is 1. The summed E-state index contributed by atoms with van der Waals surface area (Å²) in [6, 6.07) is 1.52. The van der Waals surface area contributed by atoms with Crippen LogP contribution in [0.25, 0.3) is 0 Å². The molecular weight excluding hydrogens is 466 g/mol. The first kappa shape index (κ1) is 22.7. The Morgan fingerprint density at radius 1 is 1.21 bits per heavy atom. The maximum atomic E-state index is 12.7. The van der Waals surface area contributed by atoms with Gasteiger partial charge in [0.15, 0.2) is 12.3 Å². The van der Waals surface area contributed by atoms with Gasteiger partial charge in [-0.05, 0) is 12.1 Å². The monoisotopic (exact) mass is 471 g/mol. The van der Waals surface area contributed by atoms with Crippen LogP contribution in [0.15, 0.2) is 24.4 Å². The van der Waals surface area contributed by atoms with Crippen LogP contribution in [0.5, 0.6) is 0 Å². The number of carbonyl (C=O) groups is 2. The molecule has 0 fully saturated rings. The zero-order valence-corrected chi connectivity index (χ0v) is 16.0. The highest BCUT2D eigenvalue weighted by atomic mass is 35.5. The second-order valence-electron chi connectivity index (χ2n) is 5.19. The third-order valence-corrected chi connectivity index (χ3v) is 4.48. The molecule has 0 radical (unpaired) electrons. The fourth-order valence-electron chi connectivity index (χ4n) is 1.94. The Hall–Kier alpha value is -2.63. The van der Waals surface area contributed by atoms with Crippen molar-refractivity contribution in [2.75, 3.05) is 11.9 Å². The molecule has 2 rings (SSSR count). The van der Waals surface area contributed by atoms with E-state index in [2.05, 4.69) is 9.72 Å². The number of alkyl halides is 3. The van der Waals surface area contributed by atoms with Crippen molar-refractivity contribution in [3.63, 3.8) is 0 Å². The molecule has 154 valence electrons. The summed E-state index contributed by atoms with van der Waals surface area (Å²) in [5.74, 6) is -2.21. The third kappa shape index (κ3) is 5.46. The summed E-state index contributed by atoms with van der Waals surface area (Å²) in [4.78, 5) is 37.3. The van der Waals surface area contributed by atoms with E-state index >= 15 is 0 Å². The van der Waals surface area contributed by atoms with Crippen LogP contribution in [0.3, 0.4) is 0 Å². The van der Waals surface area contributed by atoms with E-state index in [0.717, 1.165) is 6.20 Å². The largest absolute Gasteiger partial charge is 0.451 e. The lowest BCUT2D eigenvalue weighted by atomic mass is 10.1. The summed E-state index contributed by atoms with van der Waals surface area (Å²) in [7, 11) is 0. The first-order chi connectivity index (χ1) is 13.4. The number of halogens is 6. The van der Waals surface area contributed by atoms with Gasteiger partial charge in [-0.25, -0.2) is 9.78 Å². The smallest absolute Gasteiger partial charge is 0.416 e.